The second kappa shape index (κ2) is 16.5. The molecule has 2 heterocycles. The summed E-state index contributed by atoms with van der Waals surface area (Å²) in [4.78, 5) is 33.1. The van der Waals surface area contributed by atoms with E-state index in [1.165, 1.54) is 5.56 Å². The van der Waals surface area contributed by atoms with E-state index in [4.69, 9.17) is 9.53 Å². The Morgan fingerprint density at radius 2 is 1.76 bits per heavy atom. The molecule has 3 rings (SSSR count). The minimum atomic E-state index is -0.374. The highest BCUT2D eigenvalue weighted by atomic mass is 16.5. The molecule has 1 aliphatic heterocycles. The van der Waals surface area contributed by atoms with Crippen LogP contribution in [0.4, 0.5) is 5.95 Å². The molecule has 1 saturated heterocycles. The van der Waals surface area contributed by atoms with Gasteiger partial charge in [0.25, 0.3) is 0 Å². The lowest BCUT2D eigenvalue weighted by Crippen LogP contribution is -2.40. The molecule has 0 saturated carbocycles. The molecule has 1 fully saturated rings. The van der Waals surface area contributed by atoms with E-state index in [1.54, 1.807) is 19.3 Å². The summed E-state index contributed by atoms with van der Waals surface area (Å²) >= 11 is 0. The van der Waals surface area contributed by atoms with Crippen LogP contribution < -0.4 is 4.90 Å². The van der Waals surface area contributed by atoms with Gasteiger partial charge in [-0.2, -0.15) is 0 Å². The molecule has 1 unspecified atom stereocenters. The van der Waals surface area contributed by atoms with Gasteiger partial charge in [0.05, 0.1) is 12.2 Å². The molecule has 186 valence electrons. The monoisotopic (exact) mass is 468 g/mol. The average Bonchev–Trinajstić information content (AvgIpc) is 2.91. The molecule has 0 spiro atoms. The second-order valence-corrected chi connectivity index (χ2v) is 7.87. The van der Waals surface area contributed by atoms with Crippen molar-refractivity contribution < 1.29 is 14.3 Å². The molecule has 1 aliphatic rings. The molecule has 1 atom stereocenters. The van der Waals surface area contributed by atoms with Crippen molar-refractivity contribution in [1.82, 2.24) is 14.9 Å². The highest BCUT2D eigenvalue weighted by Gasteiger charge is 2.23. The number of hydrogen-bond donors (Lipinski definition) is 0. The Balaban J connectivity index is 0.00000137. The highest BCUT2D eigenvalue weighted by molar-refractivity contribution is 5.88. The molecule has 7 heteroatoms. The fraction of sp³-hybridized carbons (Fsp3) is 0.481. The van der Waals surface area contributed by atoms with Crippen molar-refractivity contribution in [2.45, 2.75) is 46.6 Å². The Kier molecular flexibility index (Phi) is 14.1. The van der Waals surface area contributed by atoms with Gasteiger partial charge in [0.15, 0.2) is 0 Å². The van der Waals surface area contributed by atoms with Crippen LogP contribution in [-0.4, -0.2) is 67.0 Å². The Morgan fingerprint density at radius 1 is 1.18 bits per heavy atom. The van der Waals surface area contributed by atoms with Gasteiger partial charge in [-0.05, 0) is 45.2 Å². The number of esters is 1. The third-order valence-electron chi connectivity index (χ3n) is 5.65. The van der Waals surface area contributed by atoms with E-state index in [1.807, 2.05) is 26.7 Å². The minimum absolute atomic E-state index is 0.350. The predicted octanol–water partition coefficient (Wildman–Crippen LogP) is 4.74. The van der Waals surface area contributed by atoms with Crippen molar-refractivity contribution in [3.05, 3.63) is 59.9 Å². The third-order valence-corrected chi connectivity index (χ3v) is 5.65. The minimum Gasteiger partial charge on any atom is -0.462 e. The lowest BCUT2D eigenvalue weighted by Gasteiger charge is -2.35. The van der Waals surface area contributed by atoms with Crippen LogP contribution in [-0.2, 0) is 9.53 Å². The molecular weight excluding hydrogens is 428 g/mol. The van der Waals surface area contributed by atoms with E-state index in [0.29, 0.717) is 30.1 Å². The lowest BCUT2D eigenvalue weighted by atomic mass is 9.96. The largest absolute Gasteiger partial charge is 0.462 e. The van der Waals surface area contributed by atoms with Crippen LogP contribution in [0.2, 0.25) is 0 Å². The number of ether oxygens (including phenoxy) is 1. The first kappa shape index (κ1) is 29.0. The number of aromatic nitrogens is 2. The van der Waals surface area contributed by atoms with Gasteiger partial charge >= 0.3 is 5.97 Å². The zero-order valence-corrected chi connectivity index (χ0v) is 21.3. The average molecular weight is 469 g/mol. The van der Waals surface area contributed by atoms with E-state index in [-0.39, 0.29) is 5.97 Å². The summed E-state index contributed by atoms with van der Waals surface area (Å²) in [6.45, 7) is 13.3. The third kappa shape index (κ3) is 9.43. The number of carbonyl (C=O) groups is 2. The van der Waals surface area contributed by atoms with Crippen LogP contribution in [0.1, 0.15) is 56.5 Å². The number of likely N-dealkylation sites (N-methyl/N-ethyl adjacent to an activating group) is 1. The van der Waals surface area contributed by atoms with E-state index in [9.17, 15) is 4.79 Å². The van der Waals surface area contributed by atoms with Gasteiger partial charge < -0.3 is 14.4 Å². The van der Waals surface area contributed by atoms with Gasteiger partial charge in [0.1, 0.15) is 6.79 Å². The molecule has 0 aliphatic carbocycles. The molecule has 0 bridgehead atoms. The molecule has 1 aromatic carbocycles. The Labute approximate surface area is 204 Å². The van der Waals surface area contributed by atoms with Gasteiger partial charge in [0.2, 0.25) is 5.95 Å². The van der Waals surface area contributed by atoms with Crippen molar-refractivity contribution in [2.75, 3.05) is 38.2 Å². The molecule has 0 amide bonds. The number of anilines is 1. The van der Waals surface area contributed by atoms with Crippen molar-refractivity contribution in [3.63, 3.8) is 0 Å². The number of nitrogens with zero attached hydrogens (tertiary/aromatic N) is 4. The summed E-state index contributed by atoms with van der Waals surface area (Å²) in [7, 11) is 2.20. The van der Waals surface area contributed by atoms with Crippen LogP contribution in [0.5, 0.6) is 0 Å². The summed E-state index contributed by atoms with van der Waals surface area (Å²) in [6, 6.07) is 10.8. The van der Waals surface area contributed by atoms with Gasteiger partial charge in [-0.15, -0.1) is 0 Å². The Morgan fingerprint density at radius 3 is 2.32 bits per heavy atom. The molecule has 0 N–H and O–H groups in total. The second-order valence-electron chi connectivity index (χ2n) is 7.87. The maximum Gasteiger partial charge on any atom is 0.341 e. The summed E-state index contributed by atoms with van der Waals surface area (Å²) < 4.78 is 4.98. The van der Waals surface area contributed by atoms with E-state index in [2.05, 4.69) is 70.2 Å². The molecular formula is C27H40N4O3. The zero-order valence-electron chi connectivity index (χ0n) is 21.3. The first-order valence-electron chi connectivity index (χ1n) is 12.0. The maximum atomic E-state index is 11.7. The predicted molar refractivity (Wildman–Crippen MR) is 139 cm³/mol. The molecule has 0 radical (unpaired) electrons. The number of carbonyl (C=O) groups excluding carboxylic acids is 2. The van der Waals surface area contributed by atoms with Crippen LogP contribution >= 0.6 is 0 Å². The molecule has 34 heavy (non-hydrogen) atoms. The van der Waals surface area contributed by atoms with E-state index < -0.39 is 0 Å². The normalized spacial score (nSPS) is 14.6. The van der Waals surface area contributed by atoms with Crippen LogP contribution in [0.25, 0.3) is 6.08 Å². The van der Waals surface area contributed by atoms with Crippen molar-refractivity contribution in [2.24, 2.45) is 5.92 Å². The number of benzene rings is 1. The van der Waals surface area contributed by atoms with E-state index in [0.717, 1.165) is 32.5 Å². The fourth-order valence-corrected chi connectivity index (χ4v) is 3.65. The number of piperidine rings is 1. The van der Waals surface area contributed by atoms with Crippen LogP contribution in [0.3, 0.4) is 0 Å². The summed E-state index contributed by atoms with van der Waals surface area (Å²) in [5.74, 6) is 0.980. The van der Waals surface area contributed by atoms with Crippen LogP contribution in [0.15, 0.2) is 48.8 Å². The highest BCUT2D eigenvalue weighted by Crippen LogP contribution is 2.22. The molecule has 7 nitrogen and oxygen atoms in total. The van der Waals surface area contributed by atoms with Crippen molar-refractivity contribution in [3.8, 4) is 0 Å². The summed E-state index contributed by atoms with van der Waals surface area (Å²) in [5.41, 5.74) is 1.63. The van der Waals surface area contributed by atoms with Crippen molar-refractivity contribution in [1.29, 1.82) is 0 Å². The van der Waals surface area contributed by atoms with Crippen molar-refractivity contribution >= 4 is 24.8 Å². The van der Waals surface area contributed by atoms with Gasteiger partial charge in [-0.1, -0.05) is 56.3 Å². The Bertz CT molecular complexity index is 835. The smallest absolute Gasteiger partial charge is 0.341 e. The fourth-order valence-electron chi connectivity index (χ4n) is 3.65. The lowest BCUT2D eigenvalue weighted by molar-refractivity contribution is -0.0980. The van der Waals surface area contributed by atoms with Gasteiger partial charge in [-0.3, -0.25) is 4.90 Å². The first-order valence-corrected chi connectivity index (χ1v) is 12.0. The summed E-state index contributed by atoms with van der Waals surface area (Å²) in [6.07, 6.45) is 9.80. The SMILES string of the molecule is C=O.CC.CCOC(=O)c1cnc(N2CCC(CN(C)C(C)/C=C/c3ccccc3)CC2)nc1. The number of hydrogen-bond acceptors (Lipinski definition) is 7. The topological polar surface area (TPSA) is 75.6 Å². The standard InChI is InChI=1S/C24H32N4O2.C2H6.CH2O/c1-4-30-23(29)22-16-25-24(26-17-22)28-14-12-21(13-15-28)18-27(3)19(2)10-11-20-8-6-5-7-9-20;2*1-2/h5-11,16-17,19,21H,4,12-15,18H2,1-3H3;1-2H3;1H2/b11-10+;;. The molecule has 2 aromatic rings. The van der Waals surface area contributed by atoms with Gasteiger partial charge in [-0.25, -0.2) is 14.8 Å². The zero-order chi connectivity index (χ0) is 25.3. The van der Waals surface area contributed by atoms with Gasteiger partial charge in [0, 0.05) is 38.1 Å². The Hall–Kier alpha value is -3.06. The first-order chi connectivity index (χ1) is 16.6. The quantitative estimate of drug-likeness (QED) is 0.518. The molecule has 1 aromatic heterocycles. The van der Waals surface area contributed by atoms with E-state index >= 15 is 0 Å². The summed E-state index contributed by atoms with van der Waals surface area (Å²) in [5, 5.41) is 0. The maximum absolute atomic E-state index is 11.7. The number of rotatable bonds is 8. The van der Waals surface area contributed by atoms with Crippen LogP contribution in [0, 0.1) is 5.92 Å².